The van der Waals surface area contributed by atoms with Crippen molar-refractivity contribution >= 4 is 27.7 Å². The van der Waals surface area contributed by atoms with Crippen LogP contribution >= 0.6 is 11.6 Å². The van der Waals surface area contributed by atoms with E-state index in [4.69, 9.17) is 15.8 Å². The van der Waals surface area contributed by atoms with Crippen molar-refractivity contribution in [1.82, 2.24) is 0 Å². The lowest BCUT2D eigenvalue weighted by molar-refractivity contribution is -0.145. The summed E-state index contributed by atoms with van der Waals surface area (Å²) in [5.74, 6) is -1.41. The molecule has 2 rings (SSSR count). The smallest absolute Gasteiger partial charge is 0.339 e. The summed E-state index contributed by atoms with van der Waals surface area (Å²) in [6, 6.07) is 9.93. The second-order valence-corrected chi connectivity index (χ2v) is 10.2. The average Bonchev–Trinajstić information content (AvgIpc) is 2.65. The molecule has 0 radical (unpaired) electrons. The molecule has 2 aromatic rings. The zero-order valence-corrected chi connectivity index (χ0v) is 19.7. The zero-order valence-electron chi connectivity index (χ0n) is 18.1. The number of carboxylic acid groups (broad SMARTS) is 1. The van der Waals surface area contributed by atoms with E-state index in [-0.39, 0.29) is 33.2 Å². The van der Waals surface area contributed by atoms with E-state index >= 15 is 0 Å². The van der Waals surface area contributed by atoms with Gasteiger partial charge in [0, 0.05) is 10.6 Å². The van der Waals surface area contributed by atoms with Crippen LogP contribution in [0.5, 0.6) is 0 Å². The van der Waals surface area contributed by atoms with Gasteiger partial charge in [0.1, 0.15) is 4.90 Å². The van der Waals surface area contributed by atoms with Gasteiger partial charge in [-0.2, -0.15) is 8.42 Å². The van der Waals surface area contributed by atoms with Gasteiger partial charge in [0.2, 0.25) is 6.10 Å². The molecular weight excluding hydrogens is 424 g/mol. The predicted octanol–water partition coefficient (Wildman–Crippen LogP) is 6.24. The summed E-state index contributed by atoms with van der Waals surface area (Å²) in [6.07, 6.45) is -1.74. The van der Waals surface area contributed by atoms with E-state index in [1.807, 2.05) is 53.7 Å². The number of carboxylic acids is 1. The monoisotopic (exact) mass is 452 g/mol. The molecule has 0 aliphatic heterocycles. The Morgan fingerprint density at radius 3 is 1.80 bits per heavy atom. The Morgan fingerprint density at radius 2 is 1.40 bits per heavy atom. The van der Waals surface area contributed by atoms with Crippen molar-refractivity contribution < 1.29 is 22.5 Å². The number of aliphatic carboxylic acids is 1. The summed E-state index contributed by atoms with van der Waals surface area (Å²) in [5.41, 5.74) is 2.36. The molecule has 0 aliphatic rings. The molecule has 164 valence electrons. The highest BCUT2D eigenvalue weighted by molar-refractivity contribution is 7.87. The summed E-state index contributed by atoms with van der Waals surface area (Å²) >= 11 is 6.12. The number of rotatable bonds is 8. The van der Waals surface area contributed by atoms with E-state index in [2.05, 4.69) is 0 Å². The first kappa shape index (κ1) is 24.4. The van der Waals surface area contributed by atoms with Crippen molar-refractivity contribution in [2.24, 2.45) is 0 Å². The summed E-state index contributed by atoms with van der Waals surface area (Å²) in [5, 5.41) is 9.82. The molecule has 0 saturated heterocycles. The molecule has 1 atom stereocenters. The minimum atomic E-state index is -4.40. The van der Waals surface area contributed by atoms with E-state index in [1.165, 1.54) is 12.1 Å². The molecule has 0 saturated carbocycles. The third kappa shape index (κ3) is 5.23. The molecule has 0 unspecified atom stereocenters. The van der Waals surface area contributed by atoms with E-state index in [9.17, 15) is 18.3 Å². The number of hydrogen-bond acceptors (Lipinski definition) is 4. The number of halogens is 1. The summed E-state index contributed by atoms with van der Waals surface area (Å²) in [7, 11) is -4.40. The Hall–Kier alpha value is -1.89. The molecule has 0 fully saturated rings. The molecular formula is C23H29ClO5S. The Morgan fingerprint density at radius 1 is 0.900 bits per heavy atom. The number of benzene rings is 2. The van der Waals surface area contributed by atoms with E-state index < -0.39 is 22.2 Å². The highest BCUT2D eigenvalue weighted by atomic mass is 35.5. The molecule has 5 nitrogen and oxygen atoms in total. The van der Waals surface area contributed by atoms with Crippen LogP contribution in [-0.4, -0.2) is 19.5 Å². The lowest BCUT2D eigenvalue weighted by atomic mass is 9.89. The van der Waals surface area contributed by atoms with Crippen LogP contribution in [-0.2, 0) is 19.1 Å². The maximum atomic E-state index is 13.4. The van der Waals surface area contributed by atoms with Gasteiger partial charge >= 0.3 is 5.97 Å². The van der Waals surface area contributed by atoms with Gasteiger partial charge in [-0.15, -0.1) is 0 Å². The highest BCUT2D eigenvalue weighted by Gasteiger charge is 2.34. The predicted molar refractivity (Wildman–Crippen MR) is 119 cm³/mol. The van der Waals surface area contributed by atoms with Crippen molar-refractivity contribution in [1.29, 1.82) is 0 Å². The van der Waals surface area contributed by atoms with Crippen LogP contribution in [0.15, 0.2) is 41.3 Å². The van der Waals surface area contributed by atoms with Crippen molar-refractivity contribution in [3.05, 3.63) is 63.7 Å². The maximum absolute atomic E-state index is 13.4. The summed E-state index contributed by atoms with van der Waals surface area (Å²) < 4.78 is 32.2. The van der Waals surface area contributed by atoms with Crippen molar-refractivity contribution in [3.8, 4) is 0 Å². The fourth-order valence-corrected chi connectivity index (χ4v) is 5.20. The first-order chi connectivity index (χ1) is 13.9. The van der Waals surface area contributed by atoms with Crippen molar-refractivity contribution in [2.45, 2.75) is 70.3 Å². The first-order valence-corrected chi connectivity index (χ1v) is 11.7. The lowest BCUT2D eigenvalue weighted by Gasteiger charge is -2.24. The van der Waals surface area contributed by atoms with Crippen LogP contribution in [0.25, 0.3) is 0 Å². The van der Waals surface area contributed by atoms with Crippen LogP contribution in [0.4, 0.5) is 0 Å². The summed E-state index contributed by atoms with van der Waals surface area (Å²) in [6.45, 7) is 11.7. The maximum Gasteiger partial charge on any atom is 0.339 e. The van der Waals surface area contributed by atoms with Gasteiger partial charge < -0.3 is 5.11 Å². The van der Waals surface area contributed by atoms with E-state index in [0.717, 1.165) is 5.56 Å². The van der Waals surface area contributed by atoms with Gasteiger partial charge in [-0.05, 0) is 40.5 Å². The van der Waals surface area contributed by atoms with Crippen LogP contribution < -0.4 is 0 Å². The van der Waals surface area contributed by atoms with Gasteiger partial charge in [0.15, 0.2) is 0 Å². The Labute approximate surface area is 184 Å². The number of carbonyl (C=O) groups is 1. The van der Waals surface area contributed by atoms with E-state index in [0.29, 0.717) is 11.1 Å². The molecule has 2 aromatic carbocycles. The van der Waals surface area contributed by atoms with Gasteiger partial charge in [-0.3, -0.25) is 0 Å². The van der Waals surface area contributed by atoms with Gasteiger partial charge in [0.25, 0.3) is 10.1 Å². The lowest BCUT2D eigenvalue weighted by Crippen LogP contribution is -2.22. The minimum Gasteiger partial charge on any atom is -0.479 e. The third-order valence-electron chi connectivity index (χ3n) is 4.96. The van der Waals surface area contributed by atoms with Gasteiger partial charge in [0.05, 0.1) is 0 Å². The normalized spacial score (nSPS) is 13.3. The van der Waals surface area contributed by atoms with Crippen molar-refractivity contribution in [2.75, 3.05) is 0 Å². The van der Waals surface area contributed by atoms with Crippen LogP contribution in [0, 0.1) is 0 Å². The minimum absolute atomic E-state index is 0.0511. The van der Waals surface area contributed by atoms with Gasteiger partial charge in [-0.1, -0.05) is 83.5 Å². The highest BCUT2D eigenvalue weighted by Crippen LogP contribution is 2.38. The second-order valence-electron chi connectivity index (χ2n) is 8.28. The molecule has 0 amide bonds. The molecule has 30 heavy (non-hydrogen) atoms. The molecule has 7 heteroatoms. The molecule has 0 bridgehead atoms. The summed E-state index contributed by atoms with van der Waals surface area (Å²) in [4.78, 5) is 11.9. The largest absolute Gasteiger partial charge is 0.479 e. The molecule has 0 heterocycles. The molecule has 0 spiro atoms. The SMILES string of the molecule is CC(C)c1cc(C(C)C)c(S(=O)(=O)O[C@@H](C(=O)O)c2ccccc2Cl)c(C(C)C)c1. The Balaban J connectivity index is 2.71. The molecule has 1 N–H and O–H groups in total. The fraction of sp³-hybridized carbons (Fsp3) is 0.435. The topological polar surface area (TPSA) is 80.7 Å². The zero-order chi connectivity index (χ0) is 22.8. The van der Waals surface area contributed by atoms with Gasteiger partial charge in [-0.25, -0.2) is 8.98 Å². The molecule has 0 aromatic heterocycles. The standard InChI is InChI=1S/C23H29ClO5S/c1-13(2)16-11-18(14(3)4)22(19(12-16)15(5)6)30(27,28)29-21(23(25)26)17-9-7-8-10-20(17)24/h7-15,21H,1-6H3,(H,25,26)/t21-/m1/s1. The average molecular weight is 453 g/mol. The van der Waals surface area contributed by atoms with Crippen LogP contribution in [0.1, 0.15) is 87.7 Å². The third-order valence-corrected chi connectivity index (χ3v) is 6.73. The molecule has 0 aliphatic carbocycles. The second kappa shape index (κ2) is 9.50. The van der Waals surface area contributed by atoms with Crippen LogP contribution in [0.2, 0.25) is 5.02 Å². The van der Waals surface area contributed by atoms with Crippen LogP contribution in [0.3, 0.4) is 0 Å². The number of hydrogen-bond donors (Lipinski definition) is 1. The fourth-order valence-electron chi connectivity index (χ4n) is 3.27. The van der Waals surface area contributed by atoms with Crippen molar-refractivity contribution in [3.63, 3.8) is 0 Å². The Bertz CT molecular complexity index is 997. The quantitative estimate of drug-likeness (QED) is 0.479. The van der Waals surface area contributed by atoms with E-state index in [1.54, 1.807) is 12.1 Å². The Kier molecular flexibility index (Phi) is 7.72. The first-order valence-electron chi connectivity index (χ1n) is 9.95.